The molecule has 0 unspecified atom stereocenters. The first kappa shape index (κ1) is 12.3. The number of rotatable bonds is 3. The fourth-order valence-corrected chi connectivity index (χ4v) is 3.16. The summed E-state index contributed by atoms with van der Waals surface area (Å²) in [5, 5.41) is 8.31. The SMILES string of the molecule is CN(Cc1noc2ccccc12)c1ncnc2sccc12. The summed E-state index contributed by atoms with van der Waals surface area (Å²) in [6.07, 6.45) is 1.60. The largest absolute Gasteiger partial charge is 0.356 e. The van der Waals surface area contributed by atoms with E-state index >= 15 is 0 Å². The van der Waals surface area contributed by atoms with Gasteiger partial charge in [-0.1, -0.05) is 17.3 Å². The molecular formula is C15H12N4OS. The van der Waals surface area contributed by atoms with E-state index in [1.165, 1.54) is 0 Å². The number of hydrogen-bond acceptors (Lipinski definition) is 6. The molecule has 0 fully saturated rings. The average Bonchev–Trinajstić information content (AvgIpc) is 3.14. The topological polar surface area (TPSA) is 55.1 Å². The van der Waals surface area contributed by atoms with Crippen LogP contribution in [-0.2, 0) is 6.54 Å². The molecule has 21 heavy (non-hydrogen) atoms. The van der Waals surface area contributed by atoms with E-state index in [9.17, 15) is 0 Å². The minimum atomic E-state index is 0.638. The van der Waals surface area contributed by atoms with Crippen LogP contribution in [0.4, 0.5) is 5.82 Å². The molecule has 0 radical (unpaired) electrons. The van der Waals surface area contributed by atoms with Crippen molar-refractivity contribution in [3.8, 4) is 0 Å². The molecule has 104 valence electrons. The van der Waals surface area contributed by atoms with Gasteiger partial charge in [-0.3, -0.25) is 0 Å². The molecule has 0 N–H and O–H groups in total. The van der Waals surface area contributed by atoms with E-state index in [0.717, 1.165) is 32.7 Å². The predicted molar refractivity (Wildman–Crippen MR) is 83.5 cm³/mol. The van der Waals surface area contributed by atoms with Crippen molar-refractivity contribution >= 4 is 38.3 Å². The van der Waals surface area contributed by atoms with E-state index in [4.69, 9.17) is 4.52 Å². The van der Waals surface area contributed by atoms with Crippen molar-refractivity contribution in [1.82, 2.24) is 15.1 Å². The summed E-state index contributed by atoms with van der Waals surface area (Å²) in [7, 11) is 2.00. The van der Waals surface area contributed by atoms with Gasteiger partial charge in [0.05, 0.1) is 11.9 Å². The van der Waals surface area contributed by atoms with Crippen molar-refractivity contribution in [2.24, 2.45) is 0 Å². The summed E-state index contributed by atoms with van der Waals surface area (Å²) in [5.41, 5.74) is 1.72. The molecular weight excluding hydrogens is 284 g/mol. The number of hydrogen-bond donors (Lipinski definition) is 0. The lowest BCUT2D eigenvalue weighted by atomic mass is 10.2. The molecule has 0 aliphatic rings. The third-order valence-corrected chi connectivity index (χ3v) is 4.26. The lowest BCUT2D eigenvalue weighted by molar-refractivity contribution is 0.445. The number of benzene rings is 1. The molecule has 6 heteroatoms. The van der Waals surface area contributed by atoms with Gasteiger partial charge in [0.15, 0.2) is 5.58 Å². The maximum Gasteiger partial charge on any atom is 0.167 e. The Hall–Kier alpha value is -2.47. The smallest absolute Gasteiger partial charge is 0.167 e. The normalized spacial score (nSPS) is 11.3. The molecule has 0 amide bonds. The third kappa shape index (κ3) is 2.04. The molecule has 0 saturated carbocycles. The number of aromatic nitrogens is 3. The highest BCUT2D eigenvalue weighted by molar-refractivity contribution is 7.16. The monoisotopic (exact) mass is 296 g/mol. The zero-order valence-corrected chi connectivity index (χ0v) is 12.2. The lowest BCUT2D eigenvalue weighted by Gasteiger charge is -2.17. The Balaban J connectivity index is 1.72. The summed E-state index contributed by atoms with van der Waals surface area (Å²) in [4.78, 5) is 11.7. The van der Waals surface area contributed by atoms with Crippen molar-refractivity contribution < 1.29 is 4.52 Å². The lowest BCUT2D eigenvalue weighted by Crippen LogP contribution is -2.18. The van der Waals surface area contributed by atoms with Crippen molar-refractivity contribution in [1.29, 1.82) is 0 Å². The Bertz CT molecular complexity index is 914. The summed E-state index contributed by atoms with van der Waals surface area (Å²) in [6.45, 7) is 0.638. The maximum absolute atomic E-state index is 5.35. The van der Waals surface area contributed by atoms with Gasteiger partial charge in [0, 0.05) is 12.4 Å². The summed E-state index contributed by atoms with van der Waals surface area (Å²) < 4.78 is 5.35. The van der Waals surface area contributed by atoms with Gasteiger partial charge >= 0.3 is 0 Å². The van der Waals surface area contributed by atoms with Crippen LogP contribution in [0.2, 0.25) is 0 Å². The van der Waals surface area contributed by atoms with Crippen LogP contribution in [0.25, 0.3) is 21.2 Å². The fraction of sp³-hybridized carbons (Fsp3) is 0.133. The molecule has 0 aliphatic heterocycles. The van der Waals surface area contributed by atoms with Gasteiger partial charge in [0.1, 0.15) is 22.7 Å². The highest BCUT2D eigenvalue weighted by atomic mass is 32.1. The summed E-state index contributed by atoms with van der Waals surface area (Å²) in [5.74, 6) is 0.910. The molecule has 5 nitrogen and oxygen atoms in total. The molecule has 0 bridgehead atoms. The quantitative estimate of drug-likeness (QED) is 0.579. The Kier molecular flexibility index (Phi) is 2.82. The third-order valence-electron chi connectivity index (χ3n) is 3.44. The molecule has 4 rings (SSSR count). The number of nitrogens with zero attached hydrogens (tertiary/aromatic N) is 4. The van der Waals surface area contributed by atoms with E-state index in [2.05, 4.69) is 20.0 Å². The molecule has 4 aromatic rings. The first-order chi connectivity index (χ1) is 10.3. The molecule has 3 heterocycles. The van der Waals surface area contributed by atoms with E-state index in [1.807, 2.05) is 42.8 Å². The van der Waals surface area contributed by atoms with Crippen LogP contribution < -0.4 is 4.90 Å². The van der Waals surface area contributed by atoms with Gasteiger partial charge < -0.3 is 9.42 Å². The van der Waals surface area contributed by atoms with Crippen LogP contribution in [0.3, 0.4) is 0 Å². The van der Waals surface area contributed by atoms with E-state index in [-0.39, 0.29) is 0 Å². The van der Waals surface area contributed by atoms with Crippen LogP contribution in [0.15, 0.2) is 46.6 Å². The molecule has 3 aromatic heterocycles. The maximum atomic E-state index is 5.35. The van der Waals surface area contributed by atoms with Gasteiger partial charge in [-0.2, -0.15) is 0 Å². The van der Waals surface area contributed by atoms with E-state index < -0.39 is 0 Å². The van der Waals surface area contributed by atoms with Gasteiger partial charge in [0.2, 0.25) is 0 Å². The van der Waals surface area contributed by atoms with Crippen LogP contribution in [-0.4, -0.2) is 22.2 Å². The molecule has 0 saturated heterocycles. The fourth-order valence-electron chi connectivity index (χ4n) is 2.43. The first-order valence-corrected chi connectivity index (χ1v) is 7.43. The molecule has 0 spiro atoms. The van der Waals surface area contributed by atoms with Gasteiger partial charge in [-0.25, -0.2) is 9.97 Å². The van der Waals surface area contributed by atoms with Gasteiger partial charge in [-0.15, -0.1) is 11.3 Å². The number of para-hydroxylation sites is 1. The van der Waals surface area contributed by atoms with E-state index in [0.29, 0.717) is 6.54 Å². The predicted octanol–water partition coefficient (Wildman–Crippen LogP) is 3.47. The standard InChI is InChI=1S/C15H12N4OS/c1-19(14-11-6-7-21-15(11)17-9-16-14)8-12-10-4-2-3-5-13(10)20-18-12/h2-7,9H,8H2,1H3. The Morgan fingerprint density at radius 2 is 2.05 bits per heavy atom. The minimum Gasteiger partial charge on any atom is -0.356 e. The van der Waals surface area contributed by atoms with Crippen LogP contribution >= 0.6 is 11.3 Å². The second kappa shape index (κ2) is 4.82. The van der Waals surface area contributed by atoms with Gasteiger partial charge in [-0.05, 0) is 23.6 Å². The van der Waals surface area contributed by atoms with Crippen LogP contribution in [0.5, 0.6) is 0 Å². The second-order valence-corrected chi connectivity index (χ2v) is 5.71. The number of fused-ring (bicyclic) bond motifs is 2. The van der Waals surface area contributed by atoms with Gasteiger partial charge in [0.25, 0.3) is 0 Å². The molecule has 0 atom stereocenters. The minimum absolute atomic E-state index is 0.638. The Labute approximate surface area is 124 Å². The van der Waals surface area contributed by atoms with Crippen LogP contribution in [0.1, 0.15) is 5.69 Å². The van der Waals surface area contributed by atoms with Crippen molar-refractivity contribution in [3.05, 3.63) is 47.7 Å². The number of thiophene rings is 1. The van der Waals surface area contributed by atoms with Crippen molar-refractivity contribution in [2.45, 2.75) is 6.54 Å². The van der Waals surface area contributed by atoms with Crippen molar-refractivity contribution in [3.63, 3.8) is 0 Å². The average molecular weight is 296 g/mol. The summed E-state index contributed by atoms with van der Waals surface area (Å²) in [6, 6.07) is 9.93. The second-order valence-electron chi connectivity index (χ2n) is 4.82. The first-order valence-electron chi connectivity index (χ1n) is 6.55. The number of anilines is 1. The van der Waals surface area contributed by atoms with Crippen molar-refractivity contribution in [2.75, 3.05) is 11.9 Å². The molecule has 1 aromatic carbocycles. The highest BCUT2D eigenvalue weighted by Gasteiger charge is 2.14. The zero-order valence-electron chi connectivity index (χ0n) is 11.4. The summed E-state index contributed by atoms with van der Waals surface area (Å²) >= 11 is 1.62. The highest BCUT2D eigenvalue weighted by Crippen LogP contribution is 2.27. The molecule has 0 aliphatic carbocycles. The van der Waals surface area contributed by atoms with Crippen LogP contribution in [0, 0.1) is 0 Å². The Morgan fingerprint density at radius 3 is 3.00 bits per heavy atom. The Morgan fingerprint density at radius 1 is 1.14 bits per heavy atom. The zero-order chi connectivity index (χ0) is 14.2. The van der Waals surface area contributed by atoms with E-state index in [1.54, 1.807) is 17.7 Å².